The molecule has 0 aromatic heterocycles. The van der Waals surface area contributed by atoms with Gasteiger partial charge in [0, 0.05) is 6.08 Å². The van der Waals surface area contributed by atoms with Crippen LogP contribution < -0.4 is 9.47 Å². The number of ether oxygens (including phenoxy) is 2. The smallest absolute Gasteiger partial charge is 0.328 e. The van der Waals surface area contributed by atoms with E-state index in [1.807, 2.05) is 13.8 Å². The van der Waals surface area contributed by atoms with Gasteiger partial charge in [0.1, 0.15) is 0 Å². The molecular weight excluding hydrogens is 268 g/mol. The third-order valence-corrected chi connectivity index (χ3v) is 2.51. The topological polar surface area (TPSA) is 55.8 Å². The standard InChI is InChI=1S/C14H17ClO4/c1-9(2)8-19-14-11(15)6-10(4-5-13(16)17)7-12(14)18-3/h4-7,9H,8H2,1-3H3,(H,16,17)/b5-4+. The van der Waals surface area contributed by atoms with Gasteiger partial charge in [0.15, 0.2) is 11.5 Å². The maximum Gasteiger partial charge on any atom is 0.328 e. The Morgan fingerprint density at radius 2 is 2.16 bits per heavy atom. The Kier molecular flexibility index (Phi) is 5.70. The van der Waals surface area contributed by atoms with Gasteiger partial charge in [-0.1, -0.05) is 25.4 Å². The predicted molar refractivity (Wildman–Crippen MR) is 75.0 cm³/mol. The summed E-state index contributed by atoms with van der Waals surface area (Å²) < 4.78 is 10.8. The minimum Gasteiger partial charge on any atom is -0.493 e. The summed E-state index contributed by atoms with van der Waals surface area (Å²) in [5.41, 5.74) is 0.640. The first-order chi connectivity index (χ1) is 8.93. The SMILES string of the molecule is COc1cc(/C=C/C(=O)O)cc(Cl)c1OCC(C)C. The molecule has 0 unspecified atom stereocenters. The molecule has 0 bridgehead atoms. The van der Waals surface area contributed by atoms with Crippen LogP contribution in [0.2, 0.25) is 5.02 Å². The number of carboxylic acid groups (broad SMARTS) is 1. The lowest BCUT2D eigenvalue weighted by Crippen LogP contribution is -2.06. The monoisotopic (exact) mass is 284 g/mol. The summed E-state index contributed by atoms with van der Waals surface area (Å²) >= 11 is 6.13. The molecule has 1 N–H and O–H groups in total. The number of benzene rings is 1. The van der Waals surface area contributed by atoms with Gasteiger partial charge in [-0.15, -0.1) is 0 Å². The van der Waals surface area contributed by atoms with Crippen LogP contribution in [0.3, 0.4) is 0 Å². The molecule has 0 aliphatic heterocycles. The number of halogens is 1. The fraction of sp³-hybridized carbons (Fsp3) is 0.357. The number of hydrogen-bond donors (Lipinski definition) is 1. The van der Waals surface area contributed by atoms with Gasteiger partial charge in [-0.2, -0.15) is 0 Å². The summed E-state index contributed by atoms with van der Waals surface area (Å²) in [4.78, 5) is 10.5. The number of methoxy groups -OCH3 is 1. The predicted octanol–water partition coefficient (Wildman–Crippen LogP) is 3.48. The van der Waals surface area contributed by atoms with Gasteiger partial charge in [0.05, 0.1) is 18.7 Å². The Morgan fingerprint density at radius 1 is 1.47 bits per heavy atom. The highest BCUT2D eigenvalue weighted by atomic mass is 35.5. The highest BCUT2D eigenvalue weighted by Crippen LogP contribution is 2.37. The Hall–Kier alpha value is -1.68. The first-order valence-corrected chi connectivity index (χ1v) is 6.23. The van der Waals surface area contributed by atoms with Crippen molar-refractivity contribution in [3.63, 3.8) is 0 Å². The van der Waals surface area contributed by atoms with E-state index in [0.717, 1.165) is 6.08 Å². The lowest BCUT2D eigenvalue weighted by Gasteiger charge is -2.14. The molecule has 4 nitrogen and oxygen atoms in total. The van der Waals surface area contributed by atoms with E-state index < -0.39 is 5.97 Å². The second-order valence-electron chi connectivity index (χ2n) is 4.41. The van der Waals surface area contributed by atoms with Crippen LogP contribution in [0, 0.1) is 5.92 Å². The van der Waals surface area contributed by atoms with Crippen LogP contribution in [0.5, 0.6) is 11.5 Å². The summed E-state index contributed by atoms with van der Waals surface area (Å²) in [6, 6.07) is 3.32. The van der Waals surface area contributed by atoms with Crippen LogP contribution in [0.25, 0.3) is 6.08 Å². The molecule has 0 saturated heterocycles. The Morgan fingerprint density at radius 3 is 2.68 bits per heavy atom. The van der Waals surface area contributed by atoms with E-state index in [2.05, 4.69) is 0 Å². The molecule has 1 aromatic carbocycles. The van der Waals surface area contributed by atoms with Crippen LogP contribution >= 0.6 is 11.6 Å². The molecule has 0 radical (unpaired) electrons. The third kappa shape index (κ3) is 4.83. The van der Waals surface area contributed by atoms with Crippen LogP contribution in [-0.4, -0.2) is 24.8 Å². The van der Waals surface area contributed by atoms with Crippen molar-refractivity contribution in [1.82, 2.24) is 0 Å². The van der Waals surface area contributed by atoms with Crippen LogP contribution in [0.4, 0.5) is 0 Å². The fourth-order valence-electron chi connectivity index (χ4n) is 1.39. The van der Waals surface area contributed by atoms with E-state index >= 15 is 0 Å². The molecular formula is C14H17ClO4. The Bertz CT molecular complexity index is 481. The van der Waals surface area contributed by atoms with Crippen molar-refractivity contribution in [2.75, 3.05) is 13.7 Å². The molecule has 0 amide bonds. The maximum atomic E-state index is 10.5. The van der Waals surface area contributed by atoms with Gasteiger partial charge in [-0.25, -0.2) is 4.79 Å². The maximum absolute atomic E-state index is 10.5. The van der Waals surface area contributed by atoms with Gasteiger partial charge < -0.3 is 14.6 Å². The number of hydrogen-bond acceptors (Lipinski definition) is 3. The number of aliphatic carboxylic acids is 1. The molecule has 1 aromatic rings. The van der Waals surface area contributed by atoms with E-state index in [9.17, 15) is 4.79 Å². The number of rotatable bonds is 6. The van der Waals surface area contributed by atoms with E-state index in [-0.39, 0.29) is 0 Å². The van der Waals surface area contributed by atoms with Gasteiger partial charge >= 0.3 is 5.97 Å². The van der Waals surface area contributed by atoms with Gasteiger partial charge in [-0.3, -0.25) is 0 Å². The molecule has 0 heterocycles. The van der Waals surface area contributed by atoms with E-state index in [4.69, 9.17) is 26.2 Å². The highest BCUT2D eigenvalue weighted by Gasteiger charge is 2.12. The Labute approximate surface area is 117 Å². The van der Waals surface area contributed by atoms with Gasteiger partial charge in [-0.05, 0) is 29.7 Å². The quantitative estimate of drug-likeness (QED) is 0.813. The molecule has 0 atom stereocenters. The second-order valence-corrected chi connectivity index (χ2v) is 4.82. The molecule has 0 aliphatic rings. The minimum atomic E-state index is -1.02. The lowest BCUT2D eigenvalue weighted by molar-refractivity contribution is -0.131. The highest BCUT2D eigenvalue weighted by molar-refractivity contribution is 6.32. The van der Waals surface area contributed by atoms with Crippen molar-refractivity contribution < 1.29 is 19.4 Å². The average molecular weight is 285 g/mol. The summed E-state index contributed by atoms with van der Waals surface area (Å²) in [5, 5.41) is 8.99. The third-order valence-electron chi connectivity index (χ3n) is 2.23. The zero-order chi connectivity index (χ0) is 14.4. The molecule has 0 aliphatic carbocycles. The second kappa shape index (κ2) is 7.04. The normalized spacial score (nSPS) is 11.0. The van der Waals surface area contributed by atoms with Crippen molar-refractivity contribution in [2.45, 2.75) is 13.8 Å². The van der Waals surface area contributed by atoms with Crippen molar-refractivity contribution in [1.29, 1.82) is 0 Å². The zero-order valence-electron chi connectivity index (χ0n) is 11.1. The molecule has 19 heavy (non-hydrogen) atoms. The molecule has 5 heteroatoms. The molecule has 0 spiro atoms. The van der Waals surface area contributed by atoms with E-state index in [0.29, 0.717) is 34.6 Å². The fourth-order valence-corrected chi connectivity index (χ4v) is 1.67. The first kappa shape index (κ1) is 15.4. The van der Waals surface area contributed by atoms with E-state index in [1.165, 1.54) is 13.2 Å². The summed E-state index contributed by atoms with van der Waals surface area (Å²) in [6.07, 6.45) is 2.49. The molecule has 0 saturated carbocycles. The Balaban J connectivity index is 3.03. The summed E-state index contributed by atoms with van der Waals surface area (Å²) in [5.74, 6) is 0.311. The van der Waals surface area contributed by atoms with Crippen molar-refractivity contribution in [2.24, 2.45) is 5.92 Å². The van der Waals surface area contributed by atoms with Gasteiger partial charge in [0.25, 0.3) is 0 Å². The lowest BCUT2D eigenvalue weighted by atomic mass is 10.2. The number of carbonyl (C=O) groups is 1. The molecule has 0 fully saturated rings. The van der Waals surface area contributed by atoms with Crippen LogP contribution in [0.1, 0.15) is 19.4 Å². The van der Waals surface area contributed by atoms with Crippen LogP contribution in [-0.2, 0) is 4.79 Å². The molecule has 104 valence electrons. The van der Waals surface area contributed by atoms with E-state index in [1.54, 1.807) is 12.1 Å². The number of carboxylic acids is 1. The van der Waals surface area contributed by atoms with Crippen molar-refractivity contribution >= 4 is 23.6 Å². The minimum absolute atomic E-state index is 0.368. The summed E-state index contributed by atoms with van der Waals surface area (Å²) in [7, 11) is 1.51. The van der Waals surface area contributed by atoms with Crippen molar-refractivity contribution in [3.05, 3.63) is 28.8 Å². The summed E-state index contributed by atoms with van der Waals surface area (Å²) in [6.45, 7) is 4.59. The first-order valence-electron chi connectivity index (χ1n) is 5.85. The van der Waals surface area contributed by atoms with Crippen molar-refractivity contribution in [3.8, 4) is 11.5 Å². The van der Waals surface area contributed by atoms with Gasteiger partial charge in [0.2, 0.25) is 0 Å². The average Bonchev–Trinajstić information content (AvgIpc) is 2.34. The molecule has 1 rings (SSSR count). The van der Waals surface area contributed by atoms with Crippen LogP contribution in [0.15, 0.2) is 18.2 Å². The zero-order valence-corrected chi connectivity index (χ0v) is 11.9. The largest absolute Gasteiger partial charge is 0.493 e.